The van der Waals surface area contributed by atoms with Crippen molar-refractivity contribution in [3.05, 3.63) is 29.6 Å². The number of carbonyl (C=O) groups excluding carboxylic acids is 1. The topological polar surface area (TPSA) is 86.3 Å². The van der Waals surface area contributed by atoms with E-state index in [1.807, 2.05) is 0 Å². The zero-order valence-electron chi connectivity index (χ0n) is 15.8. The minimum Gasteiger partial charge on any atom is -0.383 e. The van der Waals surface area contributed by atoms with Gasteiger partial charge in [-0.25, -0.2) is 4.98 Å². The lowest BCUT2D eigenvalue weighted by molar-refractivity contribution is -0.0610. The highest BCUT2D eigenvalue weighted by Gasteiger charge is 2.59. The van der Waals surface area contributed by atoms with Gasteiger partial charge < -0.3 is 10.5 Å². The molecule has 7 nitrogen and oxygen atoms in total. The van der Waals surface area contributed by atoms with Crippen molar-refractivity contribution in [1.29, 1.82) is 0 Å². The summed E-state index contributed by atoms with van der Waals surface area (Å²) in [4.78, 5) is 18.1. The number of aromatic nitrogens is 3. The highest BCUT2D eigenvalue weighted by Crippen LogP contribution is 2.59. The van der Waals surface area contributed by atoms with Crippen LogP contribution in [0.25, 0.3) is 11.3 Å². The summed E-state index contributed by atoms with van der Waals surface area (Å²) in [5.41, 5.74) is 9.37. The van der Waals surface area contributed by atoms with Crippen LogP contribution in [0.4, 0.5) is 5.82 Å². The van der Waals surface area contributed by atoms with Gasteiger partial charge in [-0.2, -0.15) is 5.10 Å². The lowest BCUT2D eigenvalue weighted by Crippen LogP contribution is -2.48. The van der Waals surface area contributed by atoms with E-state index in [0.29, 0.717) is 23.6 Å². The molecule has 0 unspecified atom stereocenters. The molecule has 0 aromatic carbocycles. The number of fused-ring (bicyclic) bond motifs is 1. The maximum Gasteiger partial charge on any atom is 0.153 e. The SMILES string of the molecule is Nc1ncc(-c2cc([C@H]3[C@@H]4CN(C5COC5)C[C@@H]43)n(C3CCC3)n2)cc1C=O. The number of aldehydes is 1. The van der Waals surface area contributed by atoms with Crippen molar-refractivity contribution in [2.24, 2.45) is 11.8 Å². The Morgan fingerprint density at radius 2 is 1.93 bits per heavy atom. The fourth-order valence-corrected chi connectivity index (χ4v) is 5.18. The molecule has 2 saturated carbocycles. The predicted molar refractivity (Wildman–Crippen MR) is 104 cm³/mol. The molecule has 0 radical (unpaired) electrons. The molecule has 0 spiro atoms. The van der Waals surface area contributed by atoms with E-state index in [0.717, 1.165) is 42.6 Å². The summed E-state index contributed by atoms with van der Waals surface area (Å²) in [6, 6.07) is 5.20. The zero-order valence-corrected chi connectivity index (χ0v) is 15.8. The Kier molecular flexibility index (Phi) is 3.65. The summed E-state index contributed by atoms with van der Waals surface area (Å²) in [6.45, 7) is 4.18. The first-order valence-corrected chi connectivity index (χ1v) is 10.3. The van der Waals surface area contributed by atoms with Crippen LogP contribution in [-0.2, 0) is 4.74 Å². The number of carbonyl (C=O) groups is 1. The monoisotopic (exact) mass is 379 g/mol. The summed E-state index contributed by atoms with van der Waals surface area (Å²) in [7, 11) is 0. The molecule has 2 aromatic rings. The minimum absolute atomic E-state index is 0.272. The number of likely N-dealkylation sites (tertiary alicyclic amines) is 1. The molecule has 2 saturated heterocycles. The number of hydrogen-bond donors (Lipinski definition) is 1. The number of hydrogen-bond acceptors (Lipinski definition) is 6. The normalized spacial score (nSPS) is 29.9. The number of nitrogens with two attached hydrogens (primary N) is 1. The molecule has 2 aliphatic heterocycles. The van der Waals surface area contributed by atoms with E-state index >= 15 is 0 Å². The lowest BCUT2D eigenvalue weighted by atomic mass is 9.93. The van der Waals surface area contributed by atoms with Crippen molar-refractivity contribution in [3.8, 4) is 11.3 Å². The summed E-state index contributed by atoms with van der Waals surface area (Å²) in [5, 5.41) is 4.96. The molecule has 2 aromatic heterocycles. The molecule has 4 fully saturated rings. The number of pyridine rings is 1. The Bertz CT molecular complexity index is 921. The van der Waals surface area contributed by atoms with Gasteiger partial charge in [0.1, 0.15) is 5.82 Å². The van der Waals surface area contributed by atoms with Crippen LogP contribution in [0.5, 0.6) is 0 Å². The molecule has 2 N–H and O–H groups in total. The Hall–Kier alpha value is -2.25. The molecule has 2 aliphatic carbocycles. The molecule has 146 valence electrons. The van der Waals surface area contributed by atoms with Gasteiger partial charge >= 0.3 is 0 Å². The average molecular weight is 379 g/mol. The largest absolute Gasteiger partial charge is 0.383 e. The standard InChI is InChI=1S/C21H25N5O2/c22-21-13(9-27)4-12(6-23-21)18-5-19(26(24-18)14-2-1-3-14)20-16-7-25(8-17(16)20)15-10-28-11-15/h4-6,9,14-17,20H,1-3,7-8,10-11H2,(H2,22,23)/t16-,17+,20+. The summed E-state index contributed by atoms with van der Waals surface area (Å²) in [6.07, 6.45) is 6.19. The van der Waals surface area contributed by atoms with Gasteiger partial charge in [0.2, 0.25) is 0 Å². The predicted octanol–water partition coefficient (Wildman–Crippen LogP) is 2.11. The Labute approximate surface area is 163 Å². The fourth-order valence-electron chi connectivity index (χ4n) is 5.18. The van der Waals surface area contributed by atoms with Crippen molar-refractivity contribution >= 4 is 12.1 Å². The van der Waals surface area contributed by atoms with Gasteiger partial charge in [0.05, 0.1) is 36.6 Å². The van der Waals surface area contributed by atoms with Crippen LogP contribution < -0.4 is 5.73 Å². The molecule has 3 atom stereocenters. The fraction of sp³-hybridized carbons (Fsp3) is 0.571. The van der Waals surface area contributed by atoms with Crippen molar-refractivity contribution in [2.75, 3.05) is 32.0 Å². The average Bonchev–Trinajstić information content (AvgIpc) is 2.94. The molecule has 4 heterocycles. The molecule has 7 heteroatoms. The van der Waals surface area contributed by atoms with Crippen LogP contribution >= 0.6 is 0 Å². The number of rotatable bonds is 5. The molecular formula is C21H25N5O2. The van der Waals surface area contributed by atoms with E-state index < -0.39 is 0 Å². The van der Waals surface area contributed by atoms with Gasteiger partial charge in [0, 0.05) is 36.5 Å². The van der Waals surface area contributed by atoms with E-state index in [-0.39, 0.29) is 5.82 Å². The van der Waals surface area contributed by atoms with Gasteiger partial charge in [-0.1, -0.05) is 0 Å². The number of ether oxygens (including phenoxy) is 1. The van der Waals surface area contributed by atoms with Crippen LogP contribution in [0.1, 0.15) is 47.3 Å². The molecule has 6 rings (SSSR count). The first-order chi connectivity index (χ1) is 13.7. The van der Waals surface area contributed by atoms with Crippen LogP contribution in [0, 0.1) is 11.8 Å². The van der Waals surface area contributed by atoms with Gasteiger partial charge in [0.25, 0.3) is 0 Å². The number of anilines is 1. The van der Waals surface area contributed by atoms with E-state index in [1.54, 1.807) is 12.3 Å². The second kappa shape index (κ2) is 6.12. The summed E-state index contributed by atoms with van der Waals surface area (Å²) >= 11 is 0. The number of piperidine rings is 1. The highest BCUT2D eigenvalue weighted by atomic mass is 16.5. The van der Waals surface area contributed by atoms with Gasteiger partial charge in [0.15, 0.2) is 6.29 Å². The maximum absolute atomic E-state index is 11.3. The van der Waals surface area contributed by atoms with Crippen LogP contribution in [0.15, 0.2) is 18.3 Å². The first kappa shape index (κ1) is 16.7. The molecule has 4 aliphatic rings. The molecule has 0 amide bonds. The third kappa shape index (κ3) is 2.46. The van der Waals surface area contributed by atoms with E-state index in [2.05, 4.69) is 20.6 Å². The smallest absolute Gasteiger partial charge is 0.153 e. The third-order valence-corrected chi connectivity index (χ3v) is 7.26. The lowest BCUT2D eigenvalue weighted by Gasteiger charge is -2.36. The zero-order chi connectivity index (χ0) is 18.8. The van der Waals surface area contributed by atoms with E-state index in [9.17, 15) is 4.79 Å². The van der Waals surface area contributed by atoms with Crippen LogP contribution in [0.2, 0.25) is 0 Å². The van der Waals surface area contributed by atoms with Crippen LogP contribution in [-0.4, -0.2) is 58.3 Å². The van der Waals surface area contributed by atoms with Crippen molar-refractivity contribution in [1.82, 2.24) is 19.7 Å². The molecule has 28 heavy (non-hydrogen) atoms. The van der Waals surface area contributed by atoms with Crippen molar-refractivity contribution < 1.29 is 9.53 Å². The van der Waals surface area contributed by atoms with Crippen molar-refractivity contribution in [2.45, 2.75) is 37.3 Å². The maximum atomic E-state index is 11.3. The van der Waals surface area contributed by atoms with Gasteiger partial charge in [-0.05, 0) is 43.2 Å². The minimum atomic E-state index is 0.272. The number of nitrogens with zero attached hydrogens (tertiary/aromatic N) is 4. The van der Waals surface area contributed by atoms with Crippen molar-refractivity contribution in [3.63, 3.8) is 0 Å². The number of nitrogen functional groups attached to an aromatic ring is 1. The van der Waals surface area contributed by atoms with Crippen LogP contribution in [0.3, 0.4) is 0 Å². The molecule has 0 bridgehead atoms. The Morgan fingerprint density at radius 3 is 2.54 bits per heavy atom. The second-order valence-corrected chi connectivity index (χ2v) is 8.80. The van der Waals surface area contributed by atoms with Gasteiger partial charge in [-0.15, -0.1) is 0 Å². The third-order valence-electron chi connectivity index (χ3n) is 7.26. The summed E-state index contributed by atoms with van der Waals surface area (Å²) < 4.78 is 7.65. The second-order valence-electron chi connectivity index (χ2n) is 8.80. The quantitative estimate of drug-likeness (QED) is 0.801. The Morgan fingerprint density at radius 1 is 1.14 bits per heavy atom. The Balaban J connectivity index is 1.30. The first-order valence-electron chi connectivity index (χ1n) is 10.3. The highest BCUT2D eigenvalue weighted by molar-refractivity contribution is 5.84. The van der Waals surface area contributed by atoms with E-state index in [1.165, 1.54) is 38.0 Å². The van der Waals surface area contributed by atoms with E-state index in [4.69, 9.17) is 15.6 Å². The molecular weight excluding hydrogens is 354 g/mol. The van der Waals surface area contributed by atoms with Gasteiger partial charge in [-0.3, -0.25) is 14.4 Å². The summed E-state index contributed by atoms with van der Waals surface area (Å²) in [5.74, 6) is 2.39.